The molecule has 3 N–H and O–H groups in total. The summed E-state index contributed by atoms with van der Waals surface area (Å²) in [6.07, 6.45) is 4.97. The second kappa shape index (κ2) is 6.78. The number of hydrogen-bond donors (Lipinski definition) is 2. The molecule has 1 aromatic rings. The maximum atomic E-state index is 12.0. The molecule has 18 heavy (non-hydrogen) atoms. The van der Waals surface area contributed by atoms with Gasteiger partial charge in [0.2, 0.25) is 5.91 Å². The highest BCUT2D eigenvalue weighted by atomic mass is 32.2. The second-order valence-corrected chi connectivity index (χ2v) is 6.22. The largest absolute Gasteiger partial charge is 0.320 e. The molecule has 1 aliphatic heterocycles. The lowest BCUT2D eigenvalue weighted by atomic mass is 10.2. The van der Waals surface area contributed by atoms with Crippen LogP contribution in [0.15, 0.2) is 6.20 Å². The Kier molecular flexibility index (Phi) is 5.05. The predicted molar refractivity (Wildman–Crippen MR) is 76.8 cm³/mol. The molecule has 96 valence electrons. The van der Waals surface area contributed by atoms with E-state index >= 15 is 0 Å². The zero-order valence-corrected chi connectivity index (χ0v) is 11.6. The molecule has 1 fully saturated rings. The molecule has 1 aliphatic rings. The molecule has 0 bridgehead atoms. The minimum Gasteiger partial charge on any atom is -0.320 e. The molecule has 0 radical (unpaired) electrons. The van der Waals surface area contributed by atoms with Crippen LogP contribution in [0.1, 0.15) is 24.1 Å². The molecule has 2 heterocycles. The number of nitrogens with zero attached hydrogens (tertiary/aromatic N) is 1. The highest BCUT2D eigenvalue weighted by Gasteiger charge is 2.22. The van der Waals surface area contributed by atoms with Crippen LogP contribution in [-0.2, 0) is 4.79 Å². The van der Waals surface area contributed by atoms with Crippen LogP contribution in [0.4, 0.5) is 5.13 Å². The quantitative estimate of drug-likeness (QED) is 0.809. The Labute approximate surface area is 115 Å². The maximum Gasteiger partial charge on any atom is 0.239 e. The third-order valence-electron chi connectivity index (χ3n) is 2.52. The van der Waals surface area contributed by atoms with Gasteiger partial charge >= 0.3 is 0 Å². The smallest absolute Gasteiger partial charge is 0.239 e. The molecular formula is C12H15N3OS2. The Hall–Kier alpha value is -1.03. The highest BCUT2D eigenvalue weighted by molar-refractivity contribution is 8.00. The van der Waals surface area contributed by atoms with E-state index in [0.717, 1.165) is 23.5 Å². The Morgan fingerprint density at radius 2 is 2.50 bits per heavy atom. The van der Waals surface area contributed by atoms with Gasteiger partial charge in [-0.05, 0) is 18.6 Å². The molecule has 0 saturated carbocycles. The fourth-order valence-corrected chi connectivity index (χ4v) is 3.55. The molecular weight excluding hydrogens is 266 g/mol. The first-order valence-electron chi connectivity index (χ1n) is 5.87. The summed E-state index contributed by atoms with van der Waals surface area (Å²) in [6, 6.07) is 0. The first-order valence-corrected chi connectivity index (χ1v) is 7.73. The van der Waals surface area contributed by atoms with Crippen LogP contribution in [0.2, 0.25) is 0 Å². The van der Waals surface area contributed by atoms with Crippen LogP contribution in [-0.4, -0.2) is 28.4 Å². The molecule has 1 unspecified atom stereocenters. The molecule has 2 rings (SSSR count). The molecule has 6 heteroatoms. The first-order chi connectivity index (χ1) is 8.79. The average Bonchev–Trinajstić information content (AvgIpc) is 2.85. The standard InChI is InChI=1S/C12H15N3OS2/c13-6-3-4-9-8-14-12(18-9)15-11(16)10-5-1-2-7-17-10/h8,10H,1-2,5-7,13H2,(H,14,15,16). The lowest BCUT2D eigenvalue weighted by Gasteiger charge is -2.19. The van der Waals surface area contributed by atoms with Crippen LogP contribution < -0.4 is 11.1 Å². The number of thiazole rings is 1. The van der Waals surface area contributed by atoms with Gasteiger partial charge in [0.05, 0.1) is 22.9 Å². The van der Waals surface area contributed by atoms with Crippen molar-refractivity contribution in [2.75, 3.05) is 17.6 Å². The van der Waals surface area contributed by atoms with E-state index in [1.807, 2.05) is 0 Å². The summed E-state index contributed by atoms with van der Waals surface area (Å²) < 4.78 is 0. The number of aromatic nitrogens is 1. The summed E-state index contributed by atoms with van der Waals surface area (Å²) in [4.78, 5) is 16.9. The number of hydrogen-bond acceptors (Lipinski definition) is 5. The first kappa shape index (κ1) is 13.4. The highest BCUT2D eigenvalue weighted by Crippen LogP contribution is 2.26. The van der Waals surface area contributed by atoms with Gasteiger partial charge in [0, 0.05) is 0 Å². The zero-order chi connectivity index (χ0) is 12.8. The van der Waals surface area contributed by atoms with Crippen LogP contribution in [0.3, 0.4) is 0 Å². The Morgan fingerprint density at radius 1 is 1.61 bits per heavy atom. The second-order valence-electron chi connectivity index (χ2n) is 3.88. The molecule has 4 nitrogen and oxygen atoms in total. The van der Waals surface area contributed by atoms with E-state index < -0.39 is 0 Å². The van der Waals surface area contributed by atoms with E-state index in [0.29, 0.717) is 11.7 Å². The van der Waals surface area contributed by atoms with Crippen LogP contribution in [0.25, 0.3) is 0 Å². The summed E-state index contributed by atoms with van der Waals surface area (Å²) >= 11 is 3.12. The van der Waals surface area contributed by atoms with Gasteiger partial charge in [0.1, 0.15) is 0 Å². The van der Waals surface area contributed by atoms with E-state index in [4.69, 9.17) is 5.73 Å². The summed E-state index contributed by atoms with van der Waals surface area (Å²) in [5.74, 6) is 6.80. The van der Waals surface area contributed by atoms with Gasteiger partial charge in [0.15, 0.2) is 5.13 Å². The molecule has 1 aromatic heterocycles. The van der Waals surface area contributed by atoms with E-state index in [1.54, 1.807) is 18.0 Å². The molecule has 1 atom stereocenters. The third-order valence-corrected chi connectivity index (χ3v) is 4.73. The molecule has 1 amide bonds. The minimum absolute atomic E-state index is 0.0624. The monoisotopic (exact) mass is 281 g/mol. The predicted octanol–water partition coefficient (Wildman–Crippen LogP) is 1.68. The Bertz CT molecular complexity index is 469. The SMILES string of the molecule is NCC#Cc1cnc(NC(=O)C2CCCCS2)s1. The van der Waals surface area contributed by atoms with Crippen LogP contribution >= 0.6 is 23.1 Å². The Morgan fingerprint density at radius 3 is 3.22 bits per heavy atom. The molecule has 1 saturated heterocycles. The lowest BCUT2D eigenvalue weighted by molar-refractivity contribution is -0.115. The van der Waals surface area contributed by atoms with Crippen LogP contribution in [0, 0.1) is 11.8 Å². The van der Waals surface area contributed by atoms with Crippen molar-refractivity contribution < 1.29 is 4.79 Å². The zero-order valence-electron chi connectivity index (χ0n) is 9.94. The van der Waals surface area contributed by atoms with Gasteiger partial charge in [-0.25, -0.2) is 4.98 Å². The molecule has 0 aromatic carbocycles. The van der Waals surface area contributed by atoms with E-state index in [2.05, 4.69) is 22.1 Å². The van der Waals surface area contributed by atoms with Crippen molar-refractivity contribution in [1.82, 2.24) is 4.98 Å². The fourth-order valence-electron chi connectivity index (χ4n) is 1.66. The number of thioether (sulfide) groups is 1. The van der Waals surface area contributed by atoms with Gasteiger partial charge in [-0.15, -0.1) is 11.8 Å². The number of rotatable bonds is 2. The number of nitrogens with one attached hydrogen (secondary N) is 1. The molecule has 0 aliphatic carbocycles. The topological polar surface area (TPSA) is 68.0 Å². The van der Waals surface area contributed by atoms with Crippen molar-refractivity contribution in [2.45, 2.75) is 24.5 Å². The number of anilines is 1. The van der Waals surface area contributed by atoms with Gasteiger partial charge in [0.25, 0.3) is 0 Å². The summed E-state index contributed by atoms with van der Waals surface area (Å²) in [5.41, 5.74) is 5.30. The normalized spacial score (nSPS) is 18.8. The van der Waals surface area contributed by atoms with Crippen molar-refractivity contribution in [3.8, 4) is 11.8 Å². The number of carbonyl (C=O) groups is 1. The van der Waals surface area contributed by atoms with Crippen molar-refractivity contribution >= 4 is 34.1 Å². The van der Waals surface area contributed by atoms with Gasteiger partial charge in [-0.2, -0.15) is 0 Å². The van der Waals surface area contributed by atoms with Crippen LogP contribution in [0.5, 0.6) is 0 Å². The number of nitrogens with two attached hydrogens (primary N) is 1. The fraction of sp³-hybridized carbons (Fsp3) is 0.500. The summed E-state index contributed by atoms with van der Waals surface area (Å²) in [5, 5.41) is 3.55. The Balaban J connectivity index is 1.92. The number of carbonyl (C=O) groups excluding carboxylic acids is 1. The minimum atomic E-state index is 0.0624. The van der Waals surface area contributed by atoms with E-state index in [-0.39, 0.29) is 11.2 Å². The maximum absolute atomic E-state index is 12.0. The van der Waals surface area contributed by atoms with Crippen molar-refractivity contribution in [3.63, 3.8) is 0 Å². The van der Waals surface area contributed by atoms with Crippen molar-refractivity contribution in [2.24, 2.45) is 5.73 Å². The van der Waals surface area contributed by atoms with E-state index in [1.165, 1.54) is 17.8 Å². The average molecular weight is 281 g/mol. The van der Waals surface area contributed by atoms with Gasteiger partial charge < -0.3 is 11.1 Å². The summed E-state index contributed by atoms with van der Waals surface area (Å²) in [7, 11) is 0. The third kappa shape index (κ3) is 3.73. The van der Waals surface area contributed by atoms with E-state index in [9.17, 15) is 4.79 Å². The summed E-state index contributed by atoms with van der Waals surface area (Å²) in [6.45, 7) is 0.332. The van der Waals surface area contributed by atoms with Gasteiger partial charge in [-0.3, -0.25) is 4.79 Å². The van der Waals surface area contributed by atoms with Crippen molar-refractivity contribution in [3.05, 3.63) is 11.1 Å². The lowest BCUT2D eigenvalue weighted by Crippen LogP contribution is -2.27. The molecule has 0 spiro atoms. The van der Waals surface area contributed by atoms with Crippen molar-refractivity contribution in [1.29, 1.82) is 0 Å². The number of amides is 1. The van der Waals surface area contributed by atoms with Gasteiger partial charge in [-0.1, -0.05) is 29.6 Å².